The minimum Gasteiger partial charge on any atom is -0.490 e. The molecule has 10 heteroatoms. The lowest BCUT2D eigenvalue weighted by Crippen LogP contribution is -2.44. The summed E-state index contributed by atoms with van der Waals surface area (Å²) in [5.74, 6) is 0.504. The molecule has 2 aromatic heterocycles. The standard InChI is InChI=1S/C29H32N4O6/c1-19-25-13-21(10-11-26(25)33(32-19)28(35)36)22-12-24(15-30-14-22)38-18-23(31-27(34)39-29(2,3)4)17-37-16-20-8-6-5-7-9-20/h5-15,23H,16-18H2,1-4H3,(H,31,34)(H,35,36). The average Bonchev–Trinajstić information content (AvgIpc) is 3.23. The molecule has 1 atom stereocenters. The number of nitrogens with zero attached hydrogens (tertiary/aromatic N) is 3. The van der Waals surface area contributed by atoms with Crippen LogP contribution in [0.15, 0.2) is 67.0 Å². The van der Waals surface area contributed by atoms with E-state index in [1.54, 1.807) is 46.2 Å². The van der Waals surface area contributed by atoms with Crippen LogP contribution in [0, 0.1) is 6.92 Å². The second-order valence-electron chi connectivity index (χ2n) is 10.1. The number of carboxylic acid groups (broad SMARTS) is 1. The van der Waals surface area contributed by atoms with E-state index in [-0.39, 0.29) is 13.2 Å². The first-order valence-electron chi connectivity index (χ1n) is 12.5. The van der Waals surface area contributed by atoms with E-state index in [1.165, 1.54) is 0 Å². The minimum atomic E-state index is -1.14. The molecule has 1 amide bonds. The summed E-state index contributed by atoms with van der Waals surface area (Å²) >= 11 is 0. The van der Waals surface area contributed by atoms with Gasteiger partial charge in [0.2, 0.25) is 0 Å². The first-order chi connectivity index (χ1) is 18.6. The van der Waals surface area contributed by atoms with Gasteiger partial charge in [-0.1, -0.05) is 36.4 Å². The fourth-order valence-corrected chi connectivity index (χ4v) is 3.95. The van der Waals surface area contributed by atoms with Crippen LogP contribution < -0.4 is 10.1 Å². The van der Waals surface area contributed by atoms with Crippen molar-refractivity contribution in [1.29, 1.82) is 0 Å². The van der Waals surface area contributed by atoms with Crippen LogP contribution in [0.4, 0.5) is 9.59 Å². The Morgan fingerprint density at radius 1 is 1.03 bits per heavy atom. The lowest BCUT2D eigenvalue weighted by Gasteiger charge is -2.24. The van der Waals surface area contributed by atoms with E-state index in [9.17, 15) is 14.7 Å². The van der Waals surface area contributed by atoms with Crippen LogP contribution in [0.25, 0.3) is 22.0 Å². The van der Waals surface area contributed by atoms with Crippen LogP contribution in [-0.4, -0.2) is 56.9 Å². The number of carbonyl (C=O) groups excluding carboxylic acids is 1. The Kier molecular flexibility index (Phi) is 8.46. The first kappa shape index (κ1) is 27.6. The van der Waals surface area contributed by atoms with Gasteiger partial charge in [0.15, 0.2) is 0 Å². The van der Waals surface area contributed by atoms with Gasteiger partial charge in [0.25, 0.3) is 0 Å². The number of aromatic nitrogens is 3. The second kappa shape index (κ2) is 12.0. The molecule has 39 heavy (non-hydrogen) atoms. The van der Waals surface area contributed by atoms with E-state index >= 15 is 0 Å². The maximum atomic E-state index is 12.4. The van der Waals surface area contributed by atoms with Gasteiger partial charge in [-0.25, -0.2) is 9.59 Å². The van der Waals surface area contributed by atoms with Gasteiger partial charge in [0.05, 0.1) is 36.7 Å². The summed E-state index contributed by atoms with van der Waals surface area (Å²) in [4.78, 5) is 28.2. The van der Waals surface area contributed by atoms with Crippen molar-refractivity contribution in [3.8, 4) is 16.9 Å². The van der Waals surface area contributed by atoms with Crippen LogP contribution in [0.2, 0.25) is 0 Å². The number of hydrogen-bond acceptors (Lipinski definition) is 7. The highest BCUT2D eigenvalue weighted by Gasteiger charge is 2.21. The van der Waals surface area contributed by atoms with E-state index < -0.39 is 23.8 Å². The maximum absolute atomic E-state index is 12.4. The van der Waals surface area contributed by atoms with Crippen molar-refractivity contribution in [2.24, 2.45) is 0 Å². The fourth-order valence-electron chi connectivity index (χ4n) is 3.95. The minimum absolute atomic E-state index is 0.128. The molecule has 2 aromatic carbocycles. The van der Waals surface area contributed by atoms with Crippen LogP contribution in [0.5, 0.6) is 5.75 Å². The summed E-state index contributed by atoms with van der Waals surface area (Å²) in [5.41, 5.74) is 3.13. The normalized spacial score (nSPS) is 12.2. The number of aryl methyl sites for hydroxylation is 1. The Balaban J connectivity index is 1.46. The molecule has 2 N–H and O–H groups in total. The average molecular weight is 533 g/mol. The van der Waals surface area contributed by atoms with E-state index in [0.717, 1.165) is 26.8 Å². The van der Waals surface area contributed by atoms with Crippen LogP contribution in [0.3, 0.4) is 0 Å². The number of fused-ring (bicyclic) bond motifs is 1. The third kappa shape index (κ3) is 7.55. The van der Waals surface area contributed by atoms with Crippen molar-refractivity contribution in [1.82, 2.24) is 20.1 Å². The third-order valence-electron chi connectivity index (χ3n) is 5.69. The third-order valence-corrected chi connectivity index (χ3v) is 5.69. The Labute approximate surface area is 226 Å². The predicted molar refractivity (Wildman–Crippen MR) is 146 cm³/mol. The Hall–Kier alpha value is -4.44. The van der Waals surface area contributed by atoms with Crippen molar-refractivity contribution >= 4 is 23.1 Å². The van der Waals surface area contributed by atoms with Crippen molar-refractivity contribution in [3.63, 3.8) is 0 Å². The van der Waals surface area contributed by atoms with E-state index in [0.29, 0.717) is 23.6 Å². The molecule has 204 valence electrons. The number of carbonyl (C=O) groups is 2. The van der Waals surface area contributed by atoms with Crippen LogP contribution >= 0.6 is 0 Å². The lowest BCUT2D eigenvalue weighted by atomic mass is 10.0. The molecule has 0 saturated heterocycles. The van der Waals surface area contributed by atoms with Gasteiger partial charge >= 0.3 is 12.2 Å². The summed E-state index contributed by atoms with van der Waals surface area (Å²) in [6.07, 6.45) is 1.59. The number of amides is 1. The molecule has 10 nitrogen and oxygen atoms in total. The van der Waals surface area contributed by atoms with E-state index in [1.807, 2.05) is 48.5 Å². The summed E-state index contributed by atoms with van der Waals surface area (Å²) in [5, 5.41) is 17.0. The molecular formula is C29H32N4O6. The number of nitrogens with one attached hydrogen (secondary N) is 1. The van der Waals surface area contributed by atoms with Gasteiger partial charge in [-0.2, -0.15) is 9.78 Å². The highest BCUT2D eigenvalue weighted by Crippen LogP contribution is 2.28. The van der Waals surface area contributed by atoms with Gasteiger partial charge in [-0.3, -0.25) is 4.98 Å². The molecule has 0 saturated carbocycles. The van der Waals surface area contributed by atoms with Gasteiger partial charge in [0, 0.05) is 17.1 Å². The van der Waals surface area contributed by atoms with Crippen molar-refractivity contribution < 1.29 is 28.9 Å². The Morgan fingerprint density at radius 3 is 2.51 bits per heavy atom. The number of alkyl carbamates (subject to hydrolysis) is 1. The van der Waals surface area contributed by atoms with E-state index in [2.05, 4.69) is 15.4 Å². The van der Waals surface area contributed by atoms with E-state index in [4.69, 9.17) is 14.2 Å². The fraction of sp³-hybridized carbons (Fsp3) is 0.310. The molecule has 0 fully saturated rings. The highest BCUT2D eigenvalue weighted by molar-refractivity contribution is 5.92. The Bertz CT molecular complexity index is 1450. The lowest BCUT2D eigenvalue weighted by molar-refractivity contribution is 0.0381. The number of benzene rings is 2. The molecule has 4 aromatic rings. The molecule has 0 aliphatic carbocycles. The SMILES string of the molecule is Cc1nn(C(=O)O)c2ccc(-c3cncc(OCC(COCc4ccccc4)NC(=O)OC(C)(C)C)c3)cc12. The molecule has 0 aliphatic rings. The number of ether oxygens (including phenoxy) is 3. The summed E-state index contributed by atoms with van der Waals surface area (Å²) in [7, 11) is 0. The maximum Gasteiger partial charge on any atom is 0.432 e. The zero-order valence-electron chi connectivity index (χ0n) is 22.4. The predicted octanol–water partition coefficient (Wildman–Crippen LogP) is 5.42. The Morgan fingerprint density at radius 2 is 1.79 bits per heavy atom. The largest absolute Gasteiger partial charge is 0.490 e. The van der Waals surface area contributed by atoms with Crippen molar-refractivity contribution in [2.45, 2.75) is 45.9 Å². The number of pyridine rings is 1. The molecule has 0 bridgehead atoms. The second-order valence-corrected chi connectivity index (χ2v) is 10.1. The zero-order chi connectivity index (χ0) is 28.0. The molecule has 1 unspecified atom stereocenters. The highest BCUT2D eigenvalue weighted by atomic mass is 16.6. The van der Waals surface area contributed by atoms with Crippen molar-refractivity contribution in [3.05, 3.63) is 78.2 Å². The molecule has 0 spiro atoms. The van der Waals surface area contributed by atoms with Gasteiger partial charge in [0.1, 0.15) is 18.0 Å². The smallest absolute Gasteiger partial charge is 0.432 e. The van der Waals surface area contributed by atoms with Gasteiger partial charge in [-0.15, -0.1) is 0 Å². The van der Waals surface area contributed by atoms with Crippen LogP contribution in [0.1, 0.15) is 32.0 Å². The van der Waals surface area contributed by atoms with Gasteiger partial charge < -0.3 is 24.6 Å². The molecule has 0 aliphatic heterocycles. The van der Waals surface area contributed by atoms with Crippen molar-refractivity contribution in [2.75, 3.05) is 13.2 Å². The zero-order valence-corrected chi connectivity index (χ0v) is 22.4. The number of rotatable bonds is 9. The topological polar surface area (TPSA) is 125 Å². The monoisotopic (exact) mass is 532 g/mol. The van der Waals surface area contributed by atoms with Gasteiger partial charge in [-0.05, 0) is 57.0 Å². The molecule has 2 heterocycles. The summed E-state index contributed by atoms with van der Waals surface area (Å²) in [6.45, 7) is 7.89. The molecule has 0 radical (unpaired) electrons. The summed E-state index contributed by atoms with van der Waals surface area (Å²) in [6, 6.07) is 16.5. The number of hydrogen-bond donors (Lipinski definition) is 2. The van der Waals surface area contributed by atoms with Crippen LogP contribution in [-0.2, 0) is 16.1 Å². The quantitative estimate of drug-likeness (QED) is 0.293. The first-order valence-corrected chi connectivity index (χ1v) is 12.5. The molecule has 4 rings (SSSR count). The molecular weight excluding hydrogens is 500 g/mol. The summed E-state index contributed by atoms with van der Waals surface area (Å²) < 4.78 is 18.2.